The summed E-state index contributed by atoms with van der Waals surface area (Å²) >= 11 is 3.29. The van der Waals surface area contributed by atoms with Gasteiger partial charge in [-0.1, -0.05) is 25.1 Å². The predicted octanol–water partition coefficient (Wildman–Crippen LogP) is 3.32. The van der Waals surface area contributed by atoms with Crippen molar-refractivity contribution in [3.63, 3.8) is 0 Å². The van der Waals surface area contributed by atoms with Gasteiger partial charge in [0.15, 0.2) is 0 Å². The van der Waals surface area contributed by atoms with Gasteiger partial charge in [0.25, 0.3) is 0 Å². The van der Waals surface area contributed by atoms with Crippen molar-refractivity contribution in [1.29, 1.82) is 0 Å². The average Bonchev–Trinajstić information content (AvgIpc) is 2.18. The minimum absolute atomic E-state index is 0.348. The smallest absolute Gasteiger partial charge is 0.335 e. The normalized spacial score (nSPS) is 10.4. The Labute approximate surface area is 91.7 Å². The first kappa shape index (κ1) is 11.0. The van der Waals surface area contributed by atoms with E-state index in [1.165, 1.54) is 6.08 Å². The number of ether oxygens (including phenoxy) is 1. The van der Waals surface area contributed by atoms with E-state index in [9.17, 15) is 4.79 Å². The van der Waals surface area contributed by atoms with Crippen LogP contribution in [0, 0.1) is 0 Å². The minimum atomic E-state index is -0.348. The molecule has 1 aromatic carbocycles. The zero-order chi connectivity index (χ0) is 10.4. The quantitative estimate of drug-likeness (QED) is 0.470. The van der Waals surface area contributed by atoms with Crippen molar-refractivity contribution in [1.82, 2.24) is 0 Å². The predicted molar refractivity (Wildman–Crippen MR) is 59.2 cm³/mol. The maximum atomic E-state index is 11.2. The first-order valence-electron chi connectivity index (χ1n) is 4.37. The van der Waals surface area contributed by atoms with Gasteiger partial charge in [-0.05, 0) is 34.5 Å². The van der Waals surface area contributed by atoms with Crippen molar-refractivity contribution < 1.29 is 9.53 Å². The number of carbonyl (C=O) groups excluding carboxylic acids is 1. The van der Waals surface area contributed by atoms with E-state index in [1.807, 2.05) is 25.1 Å². The number of benzene rings is 1. The van der Waals surface area contributed by atoms with E-state index in [0.717, 1.165) is 10.9 Å². The summed E-state index contributed by atoms with van der Waals surface area (Å²) in [6.45, 7) is 1.96. The molecule has 14 heavy (non-hydrogen) atoms. The highest BCUT2D eigenvalue weighted by atomic mass is 79.9. The van der Waals surface area contributed by atoms with Crippen molar-refractivity contribution in [2.45, 2.75) is 13.3 Å². The molecule has 1 aromatic rings. The van der Waals surface area contributed by atoms with Gasteiger partial charge in [-0.2, -0.15) is 0 Å². The van der Waals surface area contributed by atoms with Crippen LogP contribution in [0.5, 0.6) is 5.75 Å². The van der Waals surface area contributed by atoms with Gasteiger partial charge >= 0.3 is 5.97 Å². The third-order valence-corrected chi connectivity index (χ3v) is 2.19. The third kappa shape index (κ3) is 3.34. The first-order valence-corrected chi connectivity index (χ1v) is 5.16. The Bertz CT molecular complexity index is 345. The van der Waals surface area contributed by atoms with Crippen LogP contribution in [0.3, 0.4) is 0 Å². The van der Waals surface area contributed by atoms with E-state index in [1.54, 1.807) is 12.1 Å². The lowest BCUT2D eigenvalue weighted by atomic mass is 10.3. The average molecular weight is 255 g/mol. The van der Waals surface area contributed by atoms with Crippen LogP contribution in [-0.2, 0) is 4.79 Å². The Balaban J connectivity index is 2.65. The van der Waals surface area contributed by atoms with Crippen molar-refractivity contribution in [3.8, 4) is 5.75 Å². The number of hydrogen-bond donors (Lipinski definition) is 0. The molecule has 0 aliphatic heterocycles. The van der Waals surface area contributed by atoms with Gasteiger partial charge in [0.05, 0.1) is 4.47 Å². The van der Waals surface area contributed by atoms with Crippen LogP contribution >= 0.6 is 15.9 Å². The zero-order valence-electron chi connectivity index (χ0n) is 7.87. The molecule has 1 rings (SSSR count). The van der Waals surface area contributed by atoms with Crippen LogP contribution in [0.2, 0.25) is 0 Å². The zero-order valence-corrected chi connectivity index (χ0v) is 9.45. The maximum absolute atomic E-state index is 11.2. The summed E-state index contributed by atoms with van der Waals surface area (Å²) in [7, 11) is 0. The van der Waals surface area contributed by atoms with Gasteiger partial charge in [0.2, 0.25) is 0 Å². The Morgan fingerprint density at radius 3 is 2.86 bits per heavy atom. The van der Waals surface area contributed by atoms with Crippen LogP contribution in [0.25, 0.3) is 0 Å². The summed E-state index contributed by atoms with van der Waals surface area (Å²) < 4.78 is 5.85. The van der Waals surface area contributed by atoms with Gasteiger partial charge in [-0.25, -0.2) is 4.79 Å². The number of rotatable bonds is 3. The molecule has 74 valence electrons. The van der Waals surface area contributed by atoms with Crippen LogP contribution in [0.4, 0.5) is 0 Å². The van der Waals surface area contributed by atoms with Crippen molar-refractivity contribution in [2.75, 3.05) is 0 Å². The molecule has 0 amide bonds. The number of allylic oxidation sites excluding steroid dienone is 1. The number of carbonyl (C=O) groups is 1. The largest absolute Gasteiger partial charge is 0.422 e. The van der Waals surface area contributed by atoms with Gasteiger partial charge in [-0.15, -0.1) is 0 Å². The molecule has 0 unspecified atom stereocenters. The highest BCUT2D eigenvalue weighted by Gasteiger charge is 2.02. The Morgan fingerprint density at radius 2 is 2.21 bits per heavy atom. The van der Waals surface area contributed by atoms with Gasteiger partial charge in [-0.3, -0.25) is 0 Å². The van der Waals surface area contributed by atoms with Crippen LogP contribution in [0.15, 0.2) is 40.9 Å². The fourth-order valence-corrected chi connectivity index (χ4v) is 1.25. The maximum Gasteiger partial charge on any atom is 0.335 e. The molecule has 0 radical (unpaired) electrons. The minimum Gasteiger partial charge on any atom is -0.422 e. The second kappa shape index (κ2) is 5.60. The molecule has 3 heteroatoms. The number of para-hydroxylation sites is 1. The molecule has 0 saturated heterocycles. The molecule has 0 aliphatic rings. The molecule has 0 fully saturated rings. The molecule has 2 nitrogen and oxygen atoms in total. The summed E-state index contributed by atoms with van der Waals surface area (Å²) in [5.74, 6) is 0.192. The van der Waals surface area contributed by atoms with Crippen molar-refractivity contribution in [3.05, 3.63) is 40.9 Å². The monoisotopic (exact) mass is 254 g/mol. The lowest BCUT2D eigenvalue weighted by molar-refractivity contribution is -0.129. The van der Waals surface area contributed by atoms with E-state index in [-0.39, 0.29) is 5.97 Å². The fraction of sp³-hybridized carbons (Fsp3) is 0.182. The van der Waals surface area contributed by atoms with Crippen molar-refractivity contribution in [2.24, 2.45) is 0 Å². The lowest BCUT2D eigenvalue weighted by Gasteiger charge is -2.02. The second-order valence-electron chi connectivity index (χ2n) is 2.66. The van der Waals surface area contributed by atoms with Gasteiger partial charge in [0, 0.05) is 6.08 Å². The van der Waals surface area contributed by atoms with E-state index < -0.39 is 0 Å². The third-order valence-electron chi connectivity index (χ3n) is 1.54. The summed E-state index contributed by atoms with van der Waals surface area (Å²) in [5.41, 5.74) is 0. The molecule has 0 spiro atoms. The van der Waals surface area contributed by atoms with Gasteiger partial charge in [0.1, 0.15) is 5.75 Å². The van der Waals surface area contributed by atoms with E-state index >= 15 is 0 Å². The van der Waals surface area contributed by atoms with E-state index in [0.29, 0.717) is 5.75 Å². The highest BCUT2D eigenvalue weighted by Crippen LogP contribution is 2.23. The molecular formula is C11H11BrO2. The second-order valence-corrected chi connectivity index (χ2v) is 3.52. The highest BCUT2D eigenvalue weighted by molar-refractivity contribution is 9.10. The molecular weight excluding hydrogens is 244 g/mol. The molecule has 0 saturated carbocycles. The Morgan fingerprint density at radius 1 is 1.50 bits per heavy atom. The van der Waals surface area contributed by atoms with Crippen molar-refractivity contribution >= 4 is 21.9 Å². The van der Waals surface area contributed by atoms with Gasteiger partial charge < -0.3 is 4.74 Å². The number of halogens is 1. The summed E-state index contributed by atoms with van der Waals surface area (Å²) in [6, 6.07) is 7.24. The van der Waals surface area contributed by atoms with Crippen LogP contribution in [0.1, 0.15) is 13.3 Å². The molecule has 0 atom stereocenters. The number of hydrogen-bond acceptors (Lipinski definition) is 2. The molecule has 0 heterocycles. The van der Waals surface area contributed by atoms with Crippen LogP contribution in [-0.4, -0.2) is 5.97 Å². The summed E-state index contributed by atoms with van der Waals surface area (Å²) in [5, 5.41) is 0. The van der Waals surface area contributed by atoms with E-state index in [4.69, 9.17) is 4.74 Å². The van der Waals surface area contributed by atoms with Crippen LogP contribution < -0.4 is 4.74 Å². The standard InChI is InChI=1S/C11H11BrO2/c1-2-3-8-11(13)14-10-7-5-4-6-9(10)12/h3-8H,2H2,1H3/b8-3+. The topological polar surface area (TPSA) is 26.3 Å². The molecule has 0 N–H and O–H groups in total. The fourth-order valence-electron chi connectivity index (χ4n) is 0.884. The first-order chi connectivity index (χ1) is 6.74. The molecule has 0 bridgehead atoms. The Kier molecular flexibility index (Phi) is 4.40. The summed E-state index contributed by atoms with van der Waals surface area (Å²) in [6.07, 6.45) is 4.02. The SMILES string of the molecule is CC/C=C/C(=O)Oc1ccccc1Br. The lowest BCUT2D eigenvalue weighted by Crippen LogP contribution is -2.03. The van der Waals surface area contributed by atoms with E-state index in [2.05, 4.69) is 15.9 Å². The molecule has 0 aromatic heterocycles. The number of esters is 1. The summed E-state index contributed by atoms with van der Waals surface area (Å²) in [4.78, 5) is 11.2. The Hall–Kier alpha value is -1.09. The molecule has 0 aliphatic carbocycles.